The summed E-state index contributed by atoms with van der Waals surface area (Å²) in [6, 6.07) is 5.53. The third-order valence-corrected chi connectivity index (χ3v) is 5.12. The van der Waals surface area contributed by atoms with Gasteiger partial charge < -0.3 is 15.2 Å². The monoisotopic (exact) mass is 355 g/mol. The predicted octanol–water partition coefficient (Wildman–Crippen LogP) is 1.13. The Morgan fingerprint density at radius 3 is 2.92 bits per heavy atom. The van der Waals surface area contributed by atoms with Crippen LogP contribution in [0.2, 0.25) is 0 Å². The maximum Gasteiger partial charge on any atom is 0.325 e. The van der Waals surface area contributed by atoms with Gasteiger partial charge in [-0.3, -0.25) is 14.5 Å². The highest BCUT2D eigenvalue weighted by Gasteiger charge is 2.33. The summed E-state index contributed by atoms with van der Waals surface area (Å²) in [6.45, 7) is 2.98. The molecular weight excluding hydrogens is 334 g/mol. The number of imide groups is 1. The number of amides is 4. The van der Waals surface area contributed by atoms with Gasteiger partial charge in [0.05, 0.1) is 17.6 Å². The average molecular weight is 355 g/mol. The molecule has 136 valence electrons. The number of fused-ring (bicyclic) bond motifs is 1. The van der Waals surface area contributed by atoms with Crippen LogP contribution in [0.25, 0.3) is 11.0 Å². The molecule has 0 saturated carbocycles. The van der Waals surface area contributed by atoms with E-state index in [9.17, 15) is 14.4 Å². The number of likely N-dealkylation sites (tertiary alicyclic amines) is 1. The number of aromatic nitrogens is 2. The van der Waals surface area contributed by atoms with Gasteiger partial charge in [-0.2, -0.15) is 0 Å². The van der Waals surface area contributed by atoms with Crippen LogP contribution >= 0.6 is 0 Å². The van der Waals surface area contributed by atoms with Crippen LogP contribution in [-0.4, -0.2) is 63.8 Å². The van der Waals surface area contributed by atoms with Gasteiger partial charge in [0.25, 0.3) is 5.91 Å². The molecule has 1 aromatic carbocycles. The molecule has 3 heterocycles. The van der Waals surface area contributed by atoms with Crippen LogP contribution in [0.1, 0.15) is 30.1 Å². The minimum absolute atomic E-state index is 0.0346. The number of hydrogen-bond donors (Lipinski definition) is 2. The molecule has 2 aliphatic heterocycles. The van der Waals surface area contributed by atoms with Gasteiger partial charge in [0, 0.05) is 19.0 Å². The molecule has 4 amide bonds. The first-order chi connectivity index (χ1) is 12.5. The largest absolute Gasteiger partial charge is 0.342 e. The van der Waals surface area contributed by atoms with E-state index in [1.54, 1.807) is 4.90 Å². The standard InChI is InChI=1S/C18H21N5O3/c1-11-4-2-6-13-16(11)21-17(20-13)12-5-3-7-22(9-12)15(25)10-23-14(24)8-19-18(23)26/h2,4,6,12H,3,5,7-10H2,1H3,(H,19,26)(H,20,21)/t12-/m1/s1. The number of aryl methyl sites for hydroxylation is 1. The van der Waals surface area contributed by atoms with Crippen LogP contribution in [0, 0.1) is 6.92 Å². The summed E-state index contributed by atoms with van der Waals surface area (Å²) in [4.78, 5) is 46.7. The number of carbonyl (C=O) groups excluding carboxylic acids is 3. The van der Waals surface area contributed by atoms with E-state index < -0.39 is 6.03 Å². The lowest BCUT2D eigenvalue weighted by Crippen LogP contribution is -2.46. The Kier molecular flexibility index (Phi) is 4.10. The lowest BCUT2D eigenvalue weighted by Gasteiger charge is -2.32. The Balaban J connectivity index is 1.48. The minimum atomic E-state index is -0.496. The van der Waals surface area contributed by atoms with E-state index in [1.165, 1.54) is 0 Å². The van der Waals surface area contributed by atoms with Crippen molar-refractivity contribution < 1.29 is 14.4 Å². The Hall–Kier alpha value is -2.90. The fourth-order valence-electron chi connectivity index (χ4n) is 3.67. The van der Waals surface area contributed by atoms with Crippen molar-refractivity contribution in [3.63, 3.8) is 0 Å². The van der Waals surface area contributed by atoms with Gasteiger partial charge >= 0.3 is 6.03 Å². The molecule has 1 atom stereocenters. The summed E-state index contributed by atoms with van der Waals surface area (Å²) >= 11 is 0. The van der Waals surface area contributed by atoms with Crippen molar-refractivity contribution in [2.45, 2.75) is 25.7 Å². The van der Waals surface area contributed by atoms with Crippen molar-refractivity contribution in [2.75, 3.05) is 26.2 Å². The smallest absolute Gasteiger partial charge is 0.325 e. The van der Waals surface area contributed by atoms with Crippen LogP contribution < -0.4 is 5.32 Å². The number of benzene rings is 1. The van der Waals surface area contributed by atoms with Crippen molar-refractivity contribution in [3.05, 3.63) is 29.6 Å². The van der Waals surface area contributed by atoms with Crippen molar-refractivity contribution in [2.24, 2.45) is 0 Å². The highest BCUT2D eigenvalue weighted by molar-refractivity contribution is 6.04. The Bertz CT molecular complexity index is 874. The lowest BCUT2D eigenvalue weighted by molar-refractivity contribution is -0.137. The van der Waals surface area contributed by atoms with Crippen LogP contribution in [0.15, 0.2) is 18.2 Å². The zero-order valence-electron chi connectivity index (χ0n) is 14.6. The zero-order chi connectivity index (χ0) is 18.3. The molecule has 8 heteroatoms. The van der Waals surface area contributed by atoms with Crippen LogP contribution in [-0.2, 0) is 9.59 Å². The van der Waals surface area contributed by atoms with E-state index in [2.05, 4.69) is 10.3 Å². The fourth-order valence-corrected chi connectivity index (χ4v) is 3.67. The third kappa shape index (κ3) is 2.91. The second kappa shape index (κ2) is 6.44. The molecule has 8 nitrogen and oxygen atoms in total. The van der Waals surface area contributed by atoms with E-state index in [4.69, 9.17) is 4.98 Å². The number of imidazole rings is 1. The van der Waals surface area contributed by atoms with Gasteiger partial charge in [-0.25, -0.2) is 9.78 Å². The number of H-pyrrole nitrogens is 1. The number of hydrogen-bond acceptors (Lipinski definition) is 4. The molecule has 2 N–H and O–H groups in total. The summed E-state index contributed by atoms with van der Waals surface area (Å²) in [5, 5.41) is 2.43. The molecule has 0 radical (unpaired) electrons. The first-order valence-corrected chi connectivity index (χ1v) is 8.84. The van der Waals surface area contributed by atoms with E-state index in [0.29, 0.717) is 13.1 Å². The Morgan fingerprint density at radius 2 is 2.19 bits per heavy atom. The van der Waals surface area contributed by atoms with Gasteiger partial charge in [0.15, 0.2) is 0 Å². The van der Waals surface area contributed by atoms with E-state index in [0.717, 1.165) is 40.2 Å². The van der Waals surface area contributed by atoms with Crippen molar-refractivity contribution in [3.8, 4) is 0 Å². The summed E-state index contributed by atoms with van der Waals surface area (Å²) in [5.41, 5.74) is 3.08. The summed E-state index contributed by atoms with van der Waals surface area (Å²) in [5.74, 6) is 0.460. The third-order valence-electron chi connectivity index (χ3n) is 5.12. The summed E-state index contributed by atoms with van der Waals surface area (Å²) in [6.07, 6.45) is 1.82. The number of piperidine rings is 1. The first kappa shape index (κ1) is 16.6. The highest BCUT2D eigenvalue weighted by Crippen LogP contribution is 2.27. The average Bonchev–Trinajstić information content (AvgIpc) is 3.21. The van der Waals surface area contributed by atoms with Gasteiger partial charge in [0.1, 0.15) is 12.4 Å². The fraction of sp³-hybridized carbons (Fsp3) is 0.444. The molecule has 2 aromatic rings. The quantitative estimate of drug-likeness (QED) is 0.807. The van der Waals surface area contributed by atoms with Crippen molar-refractivity contribution in [1.29, 1.82) is 0 Å². The number of urea groups is 1. The van der Waals surface area contributed by atoms with Crippen LogP contribution in [0.4, 0.5) is 4.79 Å². The van der Waals surface area contributed by atoms with Gasteiger partial charge in [0.2, 0.25) is 5.91 Å². The molecule has 0 bridgehead atoms. The normalized spacial score (nSPS) is 20.7. The van der Waals surface area contributed by atoms with E-state index in [-0.39, 0.29) is 30.8 Å². The maximum atomic E-state index is 12.6. The lowest BCUT2D eigenvalue weighted by atomic mass is 9.97. The maximum absolute atomic E-state index is 12.6. The molecule has 2 fully saturated rings. The van der Waals surface area contributed by atoms with Gasteiger partial charge in [-0.1, -0.05) is 12.1 Å². The van der Waals surface area contributed by atoms with E-state index in [1.807, 2.05) is 25.1 Å². The molecule has 1 aromatic heterocycles. The number of aromatic amines is 1. The van der Waals surface area contributed by atoms with Crippen LogP contribution in [0.3, 0.4) is 0 Å². The molecule has 2 saturated heterocycles. The van der Waals surface area contributed by atoms with Crippen LogP contribution in [0.5, 0.6) is 0 Å². The minimum Gasteiger partial charge on any atom is -0.342 e. The van der Waals surface area contributed by atoms with Crippen molar-refractivity contribution in [1.82, 2.24) is 25.1 Å². The SMILES string of the molecule is Cc1cccc2[nH]c([C@@H]3CCCN(C(=O)CN4C(=O)CNC4=O)C3)nc12. The van der Waals surface area contributed by atoms with E-state index >= 15 is 0 Å². The van der Waals surface area contributed by atoms with Gasteiger partial charge in [-0.05, 0) is 31.4 Å². The number of para-hydroxylation sites is 1. The number of nitrogens with one attached hydrogen (secondary N) is 2. The molecule has 0 spiro atoms. The van der Waals surface area contributed by atoms with Crippen molar-refractivity contribution >= 4 is 28.9 Å². The second-order valence-corrected chi connectivity index (χ2v) is 6.91. The molecular formula is C18H21N5O3. The highest BCUT2D eigenvalue weighted by atomic mass is 16.2. The zero-order valence-corrected chi connectivity index (χ0v) is 14.6. The molecule has 26 heavy (non-hydrogen) atoms. The topological polar surface area (TPSA) is 98.4 Å². The molecule has 4 rings (SSSR count). The Morgan fingerprint density at radius 1 is 1.35 bits per heavy atom. The van der Waals surface area contributed by atoms with Gasteiger partial charge in [-0.15, -0.1) is 0 Å². The second-order valence-electron chi connectivity index (χ2n) is 6.91. The predicted molar refractivity (Wildman–Crippen MR) is 94.5 cm³/mol. The molecule has 0 unspecified atom stereocenters. The molecule has 0 aliphatic carbocycles. The first-order valence-electron chi connectivity index (χ1n) is 8.84. The number of nitrogens with zero attached hydrogens (tertiary/aromatic N) is 3. The number of carbonyl (C=O) groups is 3. The number of rotatable bonds is 3. The summed E-state index contributed by atoms with van der Waals surface area (Å²) < 4.78 is 0. The molecule has 2 aliphatic rings. The summed E-state index contributed by atoms with van der Waals surface area (Å²) in [7, 11) is 0. The Labute approximate surface area is 150 Å².